The van der Waals surface area contributed by atoms with Gasteiger partial charge in [-0.3, -0.25) is 0 Å². The molecule has 0 saturated heterocycles. The monoisotopic (exact) mass is 158 g/mol. The molecule has 2 N–H and O–H groups in total. The summed E-state index contributed by atoms with van der Waals surface area (Å²) in [6, 6.07) is 6.01. The molecule has 0 fully saturated rings. The summed E-state index contributed by atoms with van der Waals surface area (Å²) in [5.41, 5.74) is 2.44. The van der Waals surface area contributed by atoms with Crippen LogP contribution in [0.2, 0.25) is 5.02 Å². The smallest absolute Gasteiger partial charge is 0.0411 e. The van der Waals surface area contributed by atoms with Crippen LogP contribution in [0.4, 0.5) is 0 Å². The highest BCUT2D eigenvalue weighted by Gasteiger charge is 1.89. The minimum Gasteiger partial charge on any atom is -0.412 e. The van der Waals surface area contributed by atoms with Gasteiger partial charge in [0, 0.05) is 5.02 Å². The molecule has 0 heterocycles. The summed E-state index contributed by atoms with van der Waals surface area (Å²) in [5.74, 6) is 0. The molecule has 0 radical (unpaired) electrons. The summed E-state index contributed by atoms with van der Waals surface area (Å²) in [6.07, 6.45) is 0. The molecule has 0 spiro atoms. The standard InChI is InChI=1S/C8H9Cl.H2O/c1-6-3-7(2)5-8(9)4-6;/h3-5H,1-2H3;1H2. The van der Waals surface area contributed by atoms with Crippen molar-refractivity contribution in [2.24, 2.45) is 0 Å². The van der Waals surface area contributed by atoms with Gasteiger partial charge >= 0.3 is 0 Å². The molecule has 0 aromatic heterocycles. The summed E-state index contributed by atoms with van der Waals surface area (Å²) >= 11 is 5.75. The zero-order valence-electron chi connectivity index (χ0n) is 6.11. The number of rotatable bonds is 0. The van der Waals surface area contributed by atoms with Crippen LogP contribution in [-0.2, 0) is 0 Å². The third-order valence-corrected chi connectivity index (χ3v) is 1.40. The number of halogens is 1. The van der Waals surface area contributed by atoms with Gasteiger partial charge in [-0.15, -0.1) is 0 Å². The summed E-state index contributed by atoms with van der Waals surface area (Å²) < 4.78 is 0. The Bertz CT molecular complexity index is 170. The average Bonchev–Trinajstić information content (AvgIpc) is 1.59. The van der Waals surface area contributed by atoms with E-state index in [1.54, 1.807) is 0 Å². The van der Waals surface area contributed by atoms with E-state index in [4.69, 9.17) is 11.6 Å². The van der Waals surface area contributed by atoms with Gasteiger partial charge in [-0.25, -0.2) is 0 Å². The quantitative estimate of drug-likeness (QED) is 0.554. The summed E-state index contributed by atoms with van der Waals surface area (Å²) in [4.78, 5) is 0. The molecule has 0 unspecified atom stereocenters. The Morgan fingerprint density at radius 1 is 1.00 bits per heavy atom. The van der Waals surface area contributed by atoms with Crippen LogP contribution in [0, 0.1) is 13.8 Å². The summed E-state index contributed by atoms with van der Waals surface area (Å²) in [6.45, 7) is 4.08. The van der Waals surface area contributed by atoms with Gasteiger partial charge in [0.15, 0.2) is 0 Å². The molecule has 1 nitrogen and oxygen atoms in total. The van der Waals surface area contributed by atoms with Gasteiger partial charge in [-0.2, -0.15) is 0 Å². The lowest BCUT2D eigenvalue weighted by atomic mass is 10.2. The predicted octanol–water partition coefficient (Wildman–Crippen LogP) is 2.13. The second kappa shape index (κ2) is 3.59. The van der Waals surface area contributed by atoms with Crippen molar-refractivity contribution >= 4 is 11.6 Å². The first kappa shape index (κ1) is 9.47. The van der Waals surface area contributed by atoms with E-state index in [1.807, 2.05) is 26.0 Å². The van der Waals surface area contributed by atoms with Gasteiger partial charge in [0.2, 0.25) is 0 Å². The van der Waals surface area contributed by atoms with E-state index in [0.29, 0.717) is 0 Å². The van der Waals surface area contributed by atoms with Crippen molar-refractivity contribution in [2.45, 2.75) is 13.8 Å². The Hall–Kier alpha value is -0.530. The predicted molar refractivity (Wildman–Crippen MR) is 44.5 cm³/mol. The zero-order valence-corrected chi connectivity index (χ0v) is 6.87. The van der Waals surface area contributed by atoms with E-state index in [9.17, 15) is 0 Å². The lowest BCUT2D eigenvalue weighted by Crippen LogP contribution is -1.74. The van der Waals surface area contributed by atoms with Gasteiger partial charge in [-0.1, -0.05) is 17.7 Å². The third kappa shape index (κ3) is 2.38. The fourth-order valence-electron chi connectivity index (χ4n) is 0.919. The fourth-order valence-corrected chi connectivity index (χ4v) is 1.26. The summed E-state index contributed by atoms with van der Waals surface area (Å²) in [5, 5.41) is 0.826. The molecular formula is C8H11ClO. The Morgan fingerprint density at radius 3 is 1.70 bits per heavy atom. The van der Waals surface area contributed by atoms with E-state index in [1.165, 1.54) is 11.1 Å². The molecule has 1 aromatic rings. The minimum atomic E-state index is 0. The Kier molecular flexibility index (Phi) is 3.40. The number of hydrogen-bond donors (Lipinski definition) is 0. The maximum atomic E-state index is 5.75. The molecule has 0 saturated carbocycles. The fraction of sp³-hybridized carbons (Fsp3) is 0.250. The molecule has 0 atom stereocenters. The van der Waals surface area contributed by atoms with Gasteiger partial charge in [0.25, 0.3) is 0 Å². The van der Waals surface area contributed by atoms with Crippen molar-refractivity contribution in [3.63, 3.8) is 0 Å². The first-order chi connectivity index (χ1) is 4.18. The van der Waals surface area contributed by atoms with Crippen molar-refractivity contribution in [3.05, 3.63) is 34.3 Å². The average molecular weight is 159 g/mol. The minimum absolute atomic E-state index is 0. The lowest BCUT2D eigenvalue weighted by molar-refractivity contribution is 0.824. The highest BCUT2D eigenvalue weighted by Crippen LogP contribution is 2.12. The van der Waals surface area contributed by atoms with Crippen LogP contribution >= 0.6 is 11.6 Å². The largest absolute Gasteiger partial charge is 0.412 e. The molecule has 56 valence electrons. The number of hydrogen-bond acceptors (Lipinski definition) is 0. The van der Waals surface area contributed by atoms with Crippen molar-refractivity contribution in [2.75, 3.05) is 0 Å². The van der Waals surface area contributed by atoms with E-state index in [-0.39, 0.29) is 5.48 Å². The second-order valence-corrected chi connectivity index (χ2v) is 2.74. The Labute approximate surface area is 65.9 Å². The normalized spacial score (nSPS) is 8.70. The molecule has 0 aliphatic carbocycles. The van der Waals surface area contributed by atoms with Crippen LogP contribution in [0.1, 0.15) is 11.1 Å². The van der Waals surface area contributed by atoms with Crippen molar-refractivity contribution in [1.82, 2.24) is 0 Å². The van der Waals surface area contributed by atoms with E-state index in [0.717, 1.165) is 5.02 Å². The number of benzene rings is 1. The lowest BCUT2D eigenvalue weighted by Gasteiger charge is -1.95. The topological polar surface area (TPSA) is 31.5 Å². The first-order valence-electron chi connectivity index (χ1n) is 2.92. The van der Waals surface area contributed by atoms with Crippen molar-refractivity contribution < 1.29 is 5.48 Å². The number of aryl methyl sites for hydroxylation is 2. The van der Waals surface area contributed by atoms with Crippen molar-refractivity contribution in [1.29, 1.82) is 0 Å². The maximum Gasteiger partial charge on any atom is 0.0411 e. The Balaban J connectivity index is 0.000000810. The van der Waals surface area contributed by atoms with Crippen molar-refractivity contribution in [3.8, 4) is 0 Å². The van der Waals surface area contributed by atoms with Crippen LogP contribution in [-0.4, -0.2) is 5.48 Å². The van der Waals surface area contributed by atoms with Crippen LogP contribution in [0.25, 0.3) is 0 Å². The van der Waals surface area contributed by atoms with E-state index >= 15 is 0 Å². The maximum absolute atomic E-state index is 5.75. The summed E-state index contributed by atoms with van der Waals surface area (Å²) in [7, 11) is 0. The van der Waals surface area contributed by atoms with Crippen LogP contribution in [0.5, 0.6) is 0 Å². The van der Waals surface area contributed by atoms with Gasteiger partial charge in [0.05, 0.1) is 0 Å². The second-order valence-electron chi connectivity index (χ2n) is 2.31. The van der Waals surface area contributed by atoms with E-state index in [2.05, 4.69) is 6.07 Å². The molecular weight excluding hydrogens is 148 g/mol. The highest BCUT2D eigenvalue weighted by atomic mass is 35.5. The molecule has 1 rings (SSSR count). The Morgan fingerprint density at radius 2 is 1.40 bits per heavy atom. The van der Waals surface area contributed by atoms with Gasteiger partial charge in [0.1, 0.15) is 0 Å². The van der Waals surface area contributed by atoms with Crippen LogP contribution in [0.15, 0.2) is 18.2 Å². The molecule has 0 aliphatic rings. The zero-order chi connectivity index (χ0) is 6.85. The first-order valence-corrected chi connectivity index (χ1v) is 3.30. The third-order valence-electron chi connectivity index (χ3n) is 1.19. The van der Waals surface area contributed by atoms with Crippen LogP contribution in [0.3, 0.4) is 0 Å². The molecule has 1 aromatic carbocycles. The molecule has 2 heteroatoms. The van der Waals surface area contributed by atoms with E-state index < -0.39 is 0 Å². The molecule has 0 aliphatic heterocycles. The molecule has 10 heavy (non-hydrogen) atoms. The van der Waals surface area contributed by atoms with Gasteiger partial charge < -0.3 is 5.48 Å². The highest BCUT2D eigenvalue weighted by molar-refractivity contribution is 6.30. The molecule has 0 amide bonds. The molecule has 0 bridgehead atoms. The SMILES string of the molecule is Cc1cc(C)cc(Cl)c1.O. The van der Waals surface area contributed by atoms with Crippen LogP contribution < -0.4 is 0 Å². The van der Waals surface area contributed by atoms with Gasteiger partial charge in [-0.05, 0) is 37.1 Å².